The van der Waals surface area contributed by atoms with Gasteiger partial charge in [-0.05, 0) is 48.0 Å². The lowest BCUT2D eigenvalue weighted by Crippen LogP contribution is -2.64. The van der Waals surface area contributed by atoms with Gasteiger partial charge >= 0.3 is 0 Å². The molecular weight excluding hydrogens is 342 g/mol. The molecule has 1 aromatic carbocycles. The van der Waals surface area contributed by atoms with Gasteiger partial charge in [0.25, 0.3) is 5.91 Å². The molecule has 1 fully saturated rings. The highest BCUT2D eigenvalue weighted by Gasteiger charge is 2.41. The van der Waals surface area contributed by atoms with Crippen LogP contribution in [0.15, 0.2) is 22.7 Å². The summed E-state index contributed by atoms with van der Waals surface area (Å²) in [7, 11) is 0. The fourth-order valence-electron chi connectivity index (χ4n) is 2.05. The number of thiocarbonyl (C=S) groups is 1. The molecule has 3 N–H and O–H groups in total. The molecule has 7 heteroatoms. The van der Waals surface area contributed by atoms with Crippen molar-refractivity contribution in [2.24, 2.45) is 5.73 Å². The Morgan fingerprint density at radius 2 is 2.10 bits per heavy atom. The Balaban J connectivity index is 2.46. The minimum atomic E-state index is -0.818. The zero-order valence-electron chi connectivity index (χ0n) is 11.1. The van der Waals surface area contributed by atoms with Gasteiger partial charge < -0.3 is 10.6 Å². The first-order valence-corrected chi connectivity index (χ1v) is 7.15. The molecule has 2 amide bonds. The molecule has 1 saturated heterocycles. The number of nitrogens with two attached hydrogens (primary N) is 1. The molecule has 1 aromatic rings. The largest absolute Gasteiger partial charge is 0.389 e. The van der Waals surface area contributed by atoms with Crippen LogP contribution in [0.5, 0.6) is 0 Å². The number of anilines is 1. The fraction of sp³-hybridized carbons (Fsp3) is 0.308. The van der Waals surface area contributed by atoms with Gasteiger partial charge in [-0.3, -0.25) is 14.9 Å². The summed E-state index contributed by atoms with van der Waals surface area (Å²) in [5.41, 5.74) is 6.24. The first-order valence-electron chi connectivity index (χ1n) is 5.95. The van der Waals surface area contributed by atoms with Crippen LogP contribution in [0.3, 0.4) is 0 Å². The Bertz CT molecular complexity index is 616. The van der Waals surface area contributed by atoms with Crippen LogP contribution in [0.2, 0.25) is 0 Å². The van der Waals surface area contributed by atoms with Crippen molar-refractivity contribution in [1.82, 2.24) is 5.32 Å². The first-order chi connectivity index (χ1) is 9.23. The summed E-state index contributed by atoms with van der Waals surface area (Å²) >= 11 is 8.37. The SMILES string of the molecule is CC1(C)C(=O)NC(=O)CN1c1ccc(C(N)=S)cc1Br. The van der Waals surface area contributed by atoms with Crippen molar-refractivity contribution in [2.45, 2.75) is 19.4 Å². The van der Waals surface area contributed by atoms with E-state index in [-0.39, 0.29) is 18.4 Å². The van der Waals surface area contributed by atoms with E-state index in [0.29, 0.717) is 4.99 Å². The van der Waals surface area contributed by atoms with Crippen LogP contribution in [0.1, 0.15) is 19.4 Å². The van der Waals surface area contributed by atoms with Gasteiger partial charge in [-0.15, -0.1) is 0 Å². The Kier molecular flexibility index (Phi) is 3.84. The molecule has 0 unspecified atom stereocenters. The smallest absolute Gasteiger partial charge is 0.251 e. The normalized spacial score (nSPS) is 17.9. The zero-order valence-corrected chi connectivity index (χ0v) is 13.5. The quantitative estimate of drug-likeness (QED) is 0.618. The standard InChI is InChI=1S/C13H14BrN3O2S/c1-13(2)12(19)16-10(18)6-17(13)9-4-3-7(11(15)20)5-8(9)14/h3-5H,6H2,1-2H3,(H2,15,20)(H,16,18,19). The van der Waals surface area contributed by atoms with E-state index in [1.807, 2.05) is 0 Å². The van der Waals surface area contributed by atoms with Gasteiger partial charge in [-0.1, -0.05) is 12.2 Å². The molecule has 0 atom stereocenters. The van der Waals surface area contributed by atoms with Crippen LogP contribution >= 0.6 is 28.1 Å². The van der Waals surface area contributed by atoms with Crippen LogP contribution in [0.4, 0.5) is 5.69 Å². The number of amides is 2. The Morgan fingerprint density at radius 1 is 1.45 bits per heavy atom. The maximum atomic E-state index is 12.0. The Morgan fingerprint density at radius 3 is 2.65 bits per heavy atom. The van der Waals surface area contributed by atoms with Gasteiger partial charge in [0.2, 0.25) is 5.91 Å². The average Bonchev–Trinajstić information content (AvgIpc) is 2.34. The summed E-state index contributed by atoms with van der Waals surface area (Å²) in [6, 6.07) is 5.35. The highest BCUT2D eigenvalue weighted by atomic mass is 79.9. The predicted octanol–water partition coefficient (Wildman–Crippen LogP) is 1.32. The third-order valence-electron chi connectivity index (χ3n) is 3.31. The zero-order chi connectivity index (χ0) is 15.1. The highest BCUT2D eigenvalue weighted by Crippen LogP contribution is 2.33. The average molecular weight is 356 g/mol. The number of imide groups is 1. The van der Waals surface area contributed by atoms with E-state index in [1.165, 1.54) is 0 Å². The lowest BCUT2D eigenvalue weighted by atomic mass is 9.97. The molecular formula is C13H14BrN3O2S. The number of rotatable bonds is 2. The van der Waals surface area contributed by atoms with E-state index >= 15 is 0 Å². The second-order valence-corrected chi connectivity index (χ2v) is 6.35. The second-order valence-electron chi connectivity index (χ2n) is 5.05. The molecule has 0 aliphatic carbocycles. The molecule has 20 heavy (non-hydrogen) atoms. The summed E-state index contributed by atoms with van der Waals surface area (Å²) in [6.07, 6.45) is 0. The molecule has 2 rings (SSSR count). The van der Waals surface area contributed by atoms with Gasteiger partial charge in [0.1, 0.15) is 10.5 Å². The number of hydrogen-bond acceptors (Lipinski definition) is 4. The highest BCUT2D eigenvalue weighted by molar-refractivity contribution is 9.10. The van der Waals surface area contributed by atoms with E-state index in [9.17, 15) is 9.59 Å². The number of hydrogen-bond donors (Lipinski definition) is 2. The number of nitrogens with one attached hydrogen (secondary N) is 1. The molecule has 1 aliphatic rings. The van der Waals surface area contributed by atoms with E-state index in [4.69, 9.17) is 18.0 Å². The van der Waals surface area contributed by atoms with Gasteiger partial charge in [0.15, 0.2) is 0 Å². The molecule has 0 radical (unpaired) electrons. The van der Waals surface area contributed by atoms with Crippen LogP contribution < -0.4 is 16.0 Å². The first kappa shape index (κ1) is 14.9. The minimum absolute atomic E-state index is 0.115. The third kappa shape index (κ3) is 2.55. The van der Waals surface area contributed by atoms with Crippen molar-refractivity contribution < 1.29 is 9.59 Å². The van der Waals surface area contributed by atoms with Crippen molar-refractivity contribution in [3.05, 3.63) is 28.2 Å². The molecule has 0 bridgehead atoms. The topological polar surface area (TPSA) is 75.4 Å². The Hall–Kier alpha value is -1.47. The third-order valence-corrected chi connectivity index (χ3v) is 4.18. The minimum Gasteiger partial charge on any atom is -0.389 e. The van der Waals surface area contributed by atoms with E-state index in [0.717, 1.165) is 15.7 Å². The fourth-order valence-corrected chi connectivity index (χ4v) is 2.77. The monoisotopic (exact) mass is 355 g/mol. The molecule has 0 aromatic heterocycles. The second kappa shape index (κ2) is 5.14. The van der Waals surface area contributed by atoms with Gasteiger partial charge in [0.05, 0.1) is 12.2 Å². The number of nitrogens with zero attached hydrogens (tertiary/aromatic N) is 1. The molecule has 1 heterocycles. The van der Waals surface area contributed by atoms with Crippen molar-refractivity contribution in [3.63, 3.8) is 0 Å². The van der Waals surface area contributed by atoms with Crippen LogP contribution in [0.25, 0.3) is 0 Å². The number of halogens is 1. The molecule has 0 saturated carbocycles. The number of piperazine rings is 1. The van der Waals surface area contributed by atoms with Crippen LogP contribution in [-0.4, -0.2) is 28.9 Å². The lowest BCUT2D eigenvalue weighted by molar-refractivity contribution is -0.135. The summed E-state index contributed by atoms with van der Waals surface area (Å²) in [5.74, 6) is -0.640. The van der Waals surface area contributed by atoms with Crippen LogP contribution in [0, 0.1) is 0 Å². The lowest BCUT2D eigenvalue weighted by Gasteiger charge is -2.42. The van der Waals surface area contributed by atoms with Crippen LogP contribution in [-0.2, 0) is 9.59 Å². The molecule has 106 valence electrons. The van der Waals surface area contributed by atoms with Gasteiger partial charge in [-0.2, -0.15) is 0 Å². The predicted molar refractivity (Wildman–Crippen MR) is 84.6 cm³/mol. The number of benzene rings is 1. The molecule has 5 nitrogen and oxygen atoms in total. The van der Waals surface area contributed by atoms with Crippen molar-refractivity contribution in [3.8, 4) is 0 Å². The summed E-state index contributed by atoms with van der Waals surface area (Å²) in [6.45, 7) is 3.65. The van der Waals surface area contributed by atoms with E-state index < -0.39 is 5.54 Å². The number of carbonyl (C=O) groups excluding carboxylic acids is 2. The van der Waals surface area contributed by atoms with E-state index in [1.54, 1.807) is 36.9 Å². The summed E-state index contributed by atoms with van der Waals surface area (Å²) in [5, 5.41) is 2.34. The van der Waals surface area contributed by atoms with Gasteiger partial charge in [-0.25, -0.2) is 0 Å². The Labute approximate surface area is 130 Å². The maximum Gasteiger partial charge on any atom is 0.251 e. The van der Waals surface area contributed by atoms with Crippen molar-refractivity contribution >= 4 is 50.6 Å². The molecule has 1 aliphatic heterocycles. The summed E-state index contributed by atoms with van der Waals surface area (Å²) in [4.78, 5) is 25.6. The van der Waals surface area contributed by atoms with Crippen molar-refractivity contribution in [2.75, 3.05) is 11.4 Å². The number of carbonyl (C=O) groups is 2. The maximum absolute atomic E-state index is 12.0. The molecule has 0 spiro atoms. The summed E-state index contributed by atoms with van der Waals surface area (Å²) < 4.78 is 0.735. The van der Waals surface area contributed by atoms with Crippen molar-refractivity contribution in [1.29, 1.82) is 0 Å². The van der Waals surface area contributed by atoms with E-state index in [2.05, 4.69) is 21.2 Å². The van der Waals surface area contributed by atoms with Gasteiger partial charge in [0, 0.05) is 10.0 Å².